The normalized spacial score (nSPS) is 11.5. The van der Waals surface area contributed by atoms with Gasteiger partial charge in [0.25, 0.3) is 0 Å². The molecule has 0 N–H and O–H groups in total. The van der Waals surface area contributed by atoms with Crippen molar-refractivity contribution in [2.45, 2.75) is 12.6 Å². The fourth-order valence-corrected chi connectivity index (χ4v) is 2.43. The maximum absolute atomic E-state index is 12.9. The number of rotatable bonds is 4. The van der Waals surface area contributed by atoms with E-state index < -0.39 is 23.5 Å². The summed E-state index contributed by atoms with van der Waals surface area (Å²) in [6, 6.07) is 9.65. The number of methoxy groups -OCH3 is 1. The molecule has 0 amide bonds. The topological polar surface area (TPSA) is 48.7 Å². The van der Waals surface area contributed by atoms with Gasteiger partial charge >= 0.3 is 12.1 Å². The first-order chi connectivity index (χ1) is 11.9. The molecule has 0 aliphatic heterocycles. The van der Waals surface area contributed by atoms with Crippen molar-refractivity contribution in [2.75, 3.05) is 7.11 Å². The number of hydrogen-bond donors (Lipinski definition) is 0. The summed E-state index contributed by atoms with van der Waals surface area (Å²) in [5.41, 5.74) is 0.0372. The molecule has 0 bridgehead atoms. The van der Waals surface area contributed by atoms with Crippen LogP contribution in [0.15, 0.2) is 53.1 Å². The summed E-state index contributed by atoms with van der Waals surface area (Å²) in [7, 11) is 1.51. The summed E-state index contributed by atoms with van der Waals surface area (Å²) in [5.74, 6) is -0.736. The van der Waals surface area contributed by atoms with Gasteiger partial charge in [0.2, 0.25) is 0 Å². The van der Waals surface area contributed by atoms with Crippen molar-refractivity contribution in [3.63, 3.8) is 0 Å². The van der Waals surface area contributed by atoms with Crippen molar-refractivity contribution >= 4 is 16.9 Å². The van der Waals surface area contributed by atoms with Crippen LogP contribution in [0.5, 0.6) is 11.5 Å². The fourth-order valence-electron chi connectivity index (χ4n) is 2.43. The highest BCUT2D eigenvalue weighted by Gasteiger charge is 2.34. The van der Waals surface area contributed by atoms with Gasteiger partial charge in [0.05, 0.1) is 25.4 Å². The Balaban J connectivity index is 1.80. The lowest BCUT2D eigenvalue weighted by molar-refractivity contribution is -0.142. The lowest BCUT2D eigenvalue weighted by atomic mass is 10.1. The minimum Gasteiger partial charge on any atom is -0.497 e. The second kappa shape index (κ2) is 6.51. The molecule has 25 heavy (non-hydrogen) atoms. The first-order valence-electron chi connectivity index (χ1n) is 7.29. The van der Waals surface area contributed by atoms with Crippen LogP contribution in [0.3, 0.4) is 0 Å². The first-order valence-corrected chi connectivity index (χ1v) is 7.29. The van der Waals surface area contributed by atoms with Crippen LogP contribution >= 0.6 is 0 Å². The molecule has 3 aromatic rings. The Morgan fingerprint density at radius 1 is 1.16 bits per heavy atom. The largest absolute Gasteiger partial charge is 0.497 e. The maximum Gasteiger partial charge on any atom is 0.419 e. The molecule has 0 spiro atoms. The highest BCUT2D eigenvalue weighted by atomic mass is 19.4. The van der Waals surface area contributed by atoms with Crippen molar-refractivity contribution in [3.8, 4) is 11.5 Å². The van der Waals surface area contributed by atoms with Gasteiger partial charge in [0.1, 0.15) is 17.1 Å². The monoisotopic (exact) mass is 350 g/mol. The molecule has 0 saturated heterocycles. The van der Waals surface area contributed by atoms with E-state index in [0.29, 0.717) is 22.3 Å². The van der Waals surface area contributed by atoms with E-state index in [9.17, 15) is 18.0 Å². The molecule has 130 valence electrons. The van der Waals surface area contributed by atoms with E-state index in [-0.39, 0.29) is 6.42 Å². The van der Waals surface area contributed by atoms with E-state index in [1.54, 1.807) is 18.2 Å². The van der Waals surface area contributed by atoms with Crippen molar-refractivity contribution in [3.05, 3.63) is 59.9 Å². The second-order valence-electron chi connectivity index (χ2n) is 5.27. The number of fused-ring (bicyclic) bond motifs is 1. The molecule has 0 radical (unpaired) electrons. The van der Waals surface area contributed by atoms with Gasteiger partial charge in [-0.1, -0.05) is 12.1 Å². The Hall–Kier alpha value is -2.96. The molecule has 0 atom stereocenters. The lowest BCUT2D eigenvalue weighted by Crippen LogP contribution is -2.15. The van der Waals surface area contributed by atoms with Crippen LogP contribution in [0.4, 0.5) is 13.2 Å². The smallest absolute Gasteiger partial charge is 0.419 e. The molecule has 0 saturated carbocycles. The number of carbonyl (C=O) groups excluding carboxylic acids is 1. The summed E-state index contributed by atoms with van der Waals surface area (Å²) < 4.78 is 54.2. The number of furan rings is 1. The number of benzene rings is 2. The van der Waals surface area contributed by atoms with Gasteiger partial charge in [-0.15, -0.1) is 0 Å². The van der Waals surface area contributed by atoms with E-state index in [1.165, 1.54) is 25.5 Å². The minimum atomic E-state index is -4.60. The Kier molecular flexibility index (Phi) is 4.39. The zero-order valence-corrected chi connectivity index (χ0v) is 13.1. The van der Waals surface area contributed by atoms with E-state index in [4.69, 9.17) is 13.9 Å². The molecule has 0 aliphatic carbocycles. The van der Waals surface area contributed by atoms with Crippen LogP contribution in [0.2, 0.25) is 0 Å². The van der Waals surface area contributed by atoms with E-state index in [1.807, 2.05) is 0 Å². The molecule has 4 nitrogen and oxygen atoms in total. The fraction of sp³-hybridized carbons (Fsp3) is 0.167. The molecular weight excluding hydrogens is 337 g/mol. The van der Waals surface area contributed by atoms with Gasteiger partial charge in [-0.05, 0) is 24.3 Å². The summed E-state index contributed by atoms with van der Waals surface area (Å²) in [6.07, 6.45) is -3.44. The Bertz CT molecular complexity index is 912. The Morgan fingerprint density at radius 2 is 1.92 bits per heavy atom. The van der Waals surface area contributed by atoms with Gasteiger partial charge in [-0.3, -0.25) is 4.79 Å². The molecule has 2 aromatic carbocycles. The van der Waals surface area contributed by atoms with Crippen LogP contribution in [-0.4, -0.2) is 13.1 Å². The van der Waals surface area contributed by atoms with Crippen LogP contribution < -0.4 is 9.47 Å². The van der Waals surface area contributed by atoms with Crippen molar-refractivity contribution in [2.24, 2.45) is 0 Å². The summed E-state index contributed by atoms with van der Waals surface area (Å²) in [4.78, 5) is 12.1. The summed E-state index contributed by atoms with van der Waals surface area (Å²) >= 11 is 0. The van der Waals surface area contributed by atoms with E-state index >= 15 is 0 Å². The Morgan fingerprint density at radius 3 is 2.64 bits per heavy atom. The predicted molar refractivity (Wildman–Crippen MR) is 83.5 cm³/mol. The van der Waals surface area contributed by atoms with Crippen molar-refractivity contribution < 1.29 is 31.9 Å². The molecule has 3 rings (SSSR count). The number of ether oxygens (including phenoxy) is 2. The third kappa shape index (κ3) is 3.60. The van der Waals surface area contributed by atoms with Crippen molar-refractivity contribution in [1.82, 2.24) is 0 Å². The predicted octanol–water partition coefficient (Wildman–Crippen LogP) is 4.61. The number of para-hydroxylation sites is 1. The number of halogens is 3. The maximum atomic E-state index is 12.9. The molecular formula is C18H13F3O4. The summed E-state index contributed by atoms with van der Waals surface area (Å²) in [5, 5.41) is 0.668. The van der Waals surface area contributed by atoms with Gasteiger partial charge in [0, 0.05) is 17.0 Å². The van der Waals surface area contributed by atoms with Gasteiger partial charge in [-0.2, -0.15) is 13.2 Å². The van der Waals surface area contributed by atoms with Crippen LogP contribution in [0, 0.1) is 0 Å². The average molecular weight is 350 g/mol. The molecule has 7 heteroatoms. The zero-order valence-electron chi connectivity index (χ0n) is 13.1. The third-order valence-electron chi connectivity index (χ3n) is 3.61. The number of hydrogen-bond acceptors (Lipinski definition) is 4. The standard InChI is InChI=1S/C18H13F3O4/c1-23-12-6-7-13-11(10-24-16(13)9-12)8-17(22)25-15-5-3-2-4-14(15)18(19,20)21/h2-7,9-10H,8H2,1H3. The van der Waals surface area contributed by atoms with Crippen molar-refractivity contribution in [1.29, 1.82) is 0 Å². The highest BCUT2D eigenvalue weighted by molar-refractivity contribution is 5.87. The van der Waals surface area contributed by atoms with Gasteiger partial charge < -0.3 is 13.9 Å². The first kappa shape index (κ1) is 16.9. The second-order valence-corrected chi connectivity index (χ2v) is 5.27. The zero-order chi connectivity index (χ0) is 18.0. The van der Waals surface area contributed by atoms with E-state index in [0.717, 1.165) is 12.1 Å². The lowest BCUT2D eigenvalue weighted by Gasteiger charge is -2.12. The molecule has 1 aromatic heterocycles. The molecule has 0 unspecified atom stereocenters. The van der Waals surface area contributed by atoms with Crippen LogP contribution in [0.1, 0.15) is 11.1 Å². The average Bonchev–Trinajstić information content (AvgIpc) is 2.96. The minimum absolute atomic E-state index is 0.217. The molecule has 1 heterocycles. The highest BCUT2D eigenvalue weighted by Crippen LogP contribution is 2.36. The molecule has 0 fully saturated rings. The van der Waals surface area contributed by atoms with Gasteiger partial charge in [-0.25, -0.2) is 0 Å². The summed E-state index contributed by atoms with van der Waals surface area (Å²) in [6.45, 7) is 0. The third-order valence-corrected chi connectivity index (χ3v) is 3.61. The van der Waals surface area contributed by atoms with Crippen LogP contribution in [0.25, 0.3) is 11.0 Å². The quantitative estimate of drug-likeness (QED) is 0.509. The van der Waals surface area contributed by atoms with Crippen LogP contribution in [-0.2, 0) is 17.4 Å². The number of alkyl halides is 3. The molecule has 0 aliphatic rings. The SMILES string of the molecule is COc1ccc2c(CC(=O)Oc3ccccc3C(F)(F)F)coc2c1. The number of esters is 1. The van der Waals surface area contributed by atoms with Gasteiger partial charge in [0.15, 0.2) is 0 Å². The Labute approximate surface area is 140 Å². The number of carbonyl (C=O) groups is 1. The van der Waals surface area contributed by atoms with E-state index in [2.05, 4.69) is 0 Å².